The highest BCUT2D eigenvalue weighted by molar-refractivity contribution is 6.44. The Morgan fingerprint density at radius 3 is 2.20 bits per heavy atom. The van der Waals surface area contributed by atoms with Crippen LogP contribution in [0.5, 0.6) is 0 Å². The zero-order chi connectivity index (χ0) is 7.56. The Kier molecular flexibility index (Phi) is 2.41. The summed E-state index contributed by atoms with van der Waals surface area (Å²) in [6.45, 7) is 0. The van der Waals surface area contributed by atoms with E-state index in [0.29, 0.717) is 5.69 Å². The van der Waals surface area contributed by atoms with Crippen molar-refractivity contribution in [3.8, 4) is 0 Å². The summed E-state index contributed by atoms with van der Waals surface area (Å²) in [7, 11) is 0. The minimum Gasteiger partial charge on any atom is -0.398 e. The summed E-state index contributed by atoms with van der Waals surface area (Å²) in [6, 6.07) is 7.27. The molecule has 3 heteroatoms. The molecule has 1 aromatic carbocycles. The molecule has 0 bridgehead atoms. The minimum atomic E-state index is -0.527. The summed E-state index contributed by atoms with van der Waals surface area (Å²) in [6.07, 6.45) is 0. The van der Waals surface area contributed by atoms with E-state index in [9.17, 15) is 0 Å². The topological polar surface area (TPSA) is 26.0 Å². The molecule has 0 aromatic heterocycles. The standard InChI is InChI=1S/C7H7Cl2N/c8-7(9)5-3-1-2-4-6(5)10/h1-4,7H,10H2. The van der Waals surface area contributed by atoms with Crippen molar-refractivity contribution in [1.29, 1.82) is 0 Å². The summed E-state index contributed by atoms with van der Waals surface area (Å²) >= 11 is 11.2. The van der Waals surface area contributed by atoms with Crippen LogP contribution in [-0.2, 0) is 0 Å². The van der Waals surface area contributed by atoms with Crippen molar-refractivity contribution in [2.45, 2.75) is 4.84 Å². The van der Waals surface area contributed by atoms with Crippen molar-refractivity contribution < 1.29 is 0 Å². The smallest absolute Gasteiger partial charge is 0.134 e. The quantitative estimate of drug-likeness (QED) is 0.516. The van der Waals surface area contributed by atoms with Gasteiger partial charge < -0.3 is 5.73 Å². The molecule has 0 amide bonds. The van der Waals surface area contributed by atoms with Gasteiger partial charge in [-0.1, -0.05) is 41.4 Å². The van der Waals surface area contributed by atoms with Crippen molar-refractivity contribution in [3.63, 3.8) is 0 Å². The van der Waals surface area contributed by atoms with Crippen LogP contribution >= 0.6 is 23.2 Å². The third-order valence-corrected chi connectivity index (χ3v) is 1.70. The largest absolute Gasteiger partial charge is 0.398 e. The molecule has 0 saturated heterocycles. The van der Waals surface area contributed by atoms with Crippen molar-refractivity contribution in [3.05, 3.63) is 29.8 Å². The van der Waals surface area contributed by atoms with E-state index in [0.717, 1.165) is 5.56 Å². The van der Waals surface area contributed by atoms with E-state index in [2.05, 4.69) is 0 Å². The third-order valence-electron chi connectivity index (χ3n) is 1.23. The number of anilines is 1. The summed E-state index contributed by atoms with van der Waals surface area (Å²) in [5, 5.41) is 0. The van der Waals surface area contributed by atoms with Crippen LogP contribution in [0, 0.1) is 0 Å². The minimum absolute atomic E-state index is 0.527. The van der Waals surface area contributed by atoms with Gasteiger partial charge in [-0.25, -0.2) is 0 Å². The van der Waals surface area contributed by atoms with Gasteiger partial charge in [0.05, 0.1) is 0 Å². The third kappa shape index (κ3) is 1.55. The Labute approximate surface area is 69.7 Å². The molecule has 0 heterocycles. The molecule has 0 saturated carbocycles. The van der Waals surface area contributed by atoms with Crippen LogP contribution in [0.2, 0.25) is 0 Å². The van der Waals surface area contributed by atoms with Crippen LogP contribution in [-0.4, -0.2) is 0 Å². The van der Waals surface area contributed by atoms with Crippen LogP contribution < -0.4 is 5.73 Å². The Hall–Kier alpha value is -0.400. The van der Waals surface area contributed by atoms with Gasteiger partial charge in [0.15, 0.2) is 0 Å². The molecule has 10 heavy (non-hydrogen) atoms. The molecule has 0 spiro atoms. The highest BCUT2D eigenvalue weighted by Gasteiger charge is 2.04. The number of rotatable bonds is 1. The maximum Gasteiger partial charge on any atom is 0.134 e. The normalized spacial score (nSPS) is 10.3. The summed E-state index contributed by atoms with van der Waals surface area (Å²) in [5.41, 5.74) is 6.96. The maximum atomic E-state index is 5.59. The van der Waals surface area contributed by atoms with E-state index < -0.39 is 4.84 Å². The molecule has 0 atom stereocenters. The molecule has 0 aliphatic carbocycles. The SMILES string of the molecule is Nc1ccccc1C(Cl)Cl. The van der Waals surface area contributed by atoms with Crippen molar-refractivity contribution >= 4 is 28.9 Å². The molecular weight excluding hydrogens is 169 g/mol. The molecule has 1 rings (SSSR count). The van der Waals surface area contributed by atoms with Crippen molar-refractivity contribution in [2.75, 3.05) is 5.73 Å². The molecule has 2 N–H and O–H groups in total. The lowest BCUT2D eigenvalue weighted by Gasteiger charge is -2.03. The van der Waals surface area contributed by atoms with Crippen LogP contribution in [0.1, 0.15) is 10.4 Å². The molecule has 0 unspecified atom stereocenters. The number of para-hydroxylation sites is 1. The van der Waals surface area contributed by atoms with Gasteiger partial charge in [0, 0.05) is 11.3 Å². The lowest BCUT2D eigenvalue weighted by molar-refractivity contribution is 1.35. The predicted molar refractivity (Wildman–Crippen MR) is 45.3 cm³/mol. The van der Waals surface area contributed by atoms with Crippen molar-refractivity contribution in [1.82, 2.24) is 0 Å². The number of hydrogen-bond donors (Lipinski definition) is 1. The number of nitrogens with two attached hydrogens (primary N) is 1. The zero-order valence-electron chi connectivity index (χ0n) is 5.22. The lowest BCUT2D eigenvalue weighted by atomic mass is 10.2. The van der Waals surface area contributed by atoms with E-state index in [1.54, 1.807) is 12.1 Å². The number of benzene rings is 1. The number of hydrogen-bond acceptors (Lipinski definition) is 1. The fourth-order valence-electron chi connectivity index (χ4n) is 0.710. The first kappa shape index (κ1) is 7.70. The van der Waals surface area contributed by atoms with Gasteiger partial charge in [0.1, 0.15) is 4.84 Å². The van der Waals surface area contributed by atoms with Crippen molar-refractivity contribution in [2.24, 2.45) is 0 Å². The second kappa shape index (κ2) is 3.13. The molecule has 0 aliphatic rings. The molecular formula is C7H7Cl2N. The molecule has 1 aromatic rings. The van der Waals surface area contributed by atoms with Gasteiger partial charge in [-0.2, -0.15) is 0 Å². The fraction of sp³-hybridized carbons (Fsp3) is 0.143. The lowest BCUT2D eigenvalue weighted by Crippen LogP contribution is -1.91. The summed E-state index contributed by atoms with van der Waals surface area (Å²) in [4.78, 5) is -0.527. The van der Waals surface area contributed by atoms with Crippen LogP contribution in [0.4, 0.5) is 5.69 Å². The monoisotopic (exact) mass is 175 g/mol. The van der Waals surface area contributed by atoms with Gasteiger partial charge in [-0.15, -0.1) is 0 Å². The van der Waals surface area contributed by atoms with Gasteiger partial charge in [-0.3, -0.25) is 0 Å². The second-order valence-corrected chi connectivity index (χ2v) is 3.03. The molecule has 54 valence electrons. The van der Waals surface area contributed by atoms with E-state index in [1.807, 2.05) is 12.1 Å². The molecule has 0 aliphatic heterocycles. The average molecular weight is 176 g/mol. The molecule has 1 nitrogen and oxygen atoms in total. The molecule has 0 radical (unpaired) electrons. The first-order valence-corrected chi connectivity index (χ1v) is 3.71. The summed E-state index contributed by atoms with van der Waals surface area (Å²) < 4.78 is 0. The van der Waals surface area contributed by atoms with Gasteiger partial charge in [-0.05, 0) is 6.07 Å². The Morgan fingerprint density at radius 2 is 1.80 bits per heavy atom. The highest BCUT2D eigenvalue weighted by Crippen LogP contribution is 2.28. The van der Waals surface area contributed by atoms with E-state index in [-0.39, 0.29) is 0 Å². The highest BCUT2D eigenvalue weighted by atomic mass is 35.5. The van der Waals surface area contributed by atoms with Gasteiger partial charge >= 0.3 is 0 Å². The van der Waals surface area contributed by atoms with E-state index >= 15 is 0 Å². The van der Waals surface area contributed by atoms with Gasteiger partial charge in [0.2, 0.25) is 0 Å². The average Bonchev–Trinajstić information content (AvgIpc) is 1.88. The van der Waals surface area contributed by atoms with Crippen LogP contribution in [0.25, 0.3) is 0 Å². The van der Waals surface area contributed by atoms with Gasteiger partial charge in [0.25, 0.3) is 0 Å². The Bertz CT molecular complexity index is 223. The Morgan fingerprint density at radius 1 is 1.20 bits per heavy atom. The number of alkyl halides is 2. The van der Waals surface area contributed by atoms with E-state index in [4.69, 9.17) is 28.9 Å². The maximum absolute atomic E-state index is 5.59. The summed E-state index contributed by atoms with van der Waals surface area (Å²) in [5.74, 6) is 0. The van der Waals surface area contributed by atoms with Crippen LogP contribution in [0.15, 0.2) is 24.3 Å². The fourth-order valence-corrected chi connectivity index (χ4v) is 1.11. The predicted octanol–water partition coefficient (Wildman–Crippen LogP) is 2.75. The van der Waals surface area contributed by atoms with Crippen LogP contribution in [0.3, 0.4) is 0 Å². The Balaban J connectivity index is 3.03. The molecule has 0 fully saturated rings. The van der Waals surface area contributed by atoms with E-state index in [1.165, 1.54) is 0 Å². The number of nitrogen functional groups attached to an aromatic ring is 1. The first-order chi connectivity index (χ1) is 4.72. The zero-order valence-corrected chi connectivity index (χ0v) is 6.73. The second-order valence-electron chi connectivity index (χ2n) is 1.93. The number of halogens is 2. The first-order valence-electron chi connectivity index (χ1n) is 2.84.